The van der Waals surface area contributed by atoms with Crippen LogP contribution in [0, 0.1) is 6.92 Å². The average Bonchev–Trinajstić information content (AvgIpc) is 2.57. The van der Waals surface area contributed by atoms with Gasteiger partial charge in [0.05, 0.1) is 31.9 Å². The van der Waals surface area contributed by atoms with Crippen molar-refractivity contribution < 1.29 is 14.3 Å². The second-order valence-electron chi connectivity index (χ2n) is 5.18. The van der Waals surface area contributed by atoms with Gasteiger partial charge in [-0.2, -0.15) is 5.10 Å². The Morgan fingerprint density at radius 1 is 1.17 bits per heavy atom. The molecule has 2 rings (SSSR count). The number of carbonyl (C=O) groups is 1. The minimum absolute atomic E-state index is 0.200. The molecule has 126 valence electrons. The van der Waals surface area contributed by atoms with Gasteiger partial charge < -0.3 is 9.47 Å². The van der Waals surface area contributed by atoms with E-state index in [0.717, 1.165) is 11.1 Å². The largest absolute Gasteiger partial charge is 0.496 e. The van der Waals surface area contributed by atoms with Crippen molar-refractivity contribution in [2.24, 2.45) is 5.10 Å². The van der Waals surface area contributed by atoms with Crippen LogP contribution < -0.4 is 14.9 Å². The molecule has 5 nitrogen and oxygen atoms in total. The summed E-state index contributed by atoms with van der Waals surface area (Å²) in [6, 6.07) is 11.1. The van der Waals surface area contributed by atoms with Crippen LogP contribution in [0.5, 0.6) is 11.5 Å². The van der Waals surface area contributed by atoms with Gasteiger partial charge in [-0.15, -0.1) is 0 Å². The summed E-state index contributed by atoms with van der Waals surface area (Å²) >= 11 is 6.09. The number of hydrogen-bond acceptors (Lipinski definition) is 4. The molecule has 24 heavy (non-hydrogen) atoms. The standard InChI is InChI=1S/C18H19ClN2O3/c1-12-4-6-13(7-5-12)8-18(22)21-20-11-14-9-15(19)17(24-3)10-16(14)23-2/h4-7,9-11H,8H2,1-3H3,(H,21,22)/b20-11+. The third-order valence-electron chi connectivity index (χ3n) is 3.38. The summed E-state index contributed by atoms with van der Waals surface area (Å²) in [5.74, 6) is 0.857. The van der Waals surface area contributed by atoms with E-state index in [4.69, 9.17) is 21.1 Å². The van der Waals surface area contributed by atoms with Gasteiger partial charge >= 0.3 is 0 Å². The number of hydrazone groups is 1. The van der Waals surface area contributed by atoms with E-state index in [1.54, 1.807) is 12.1 Å². The molecule has 0 atom stereocenters. The molecule has 2 aromatic carbocycles. The van der Waals surface area contributed by atoms with Crippen LogP contribution in [0.3, 0.4) is 0 Å². The van der Waals surface area contributed by atoms with Crippen molar-refractivity contribution in [2.45, 2.75) is 13.3 Å². The number of amides is 1. The van der Waals surface area contributed by atoms with Gasteiger partial charge in [-0.1, -0.05) is 41.4 Å². The lowest BCUT2D eigenvalue weighted by Crippen LogP contribution is -2.19. The number of nitrogens with zero attached hydrogens (tertiary/aromatic N) is 1. The summed E-state index contributed by atoms with van der Waals surface area (Å²) in [4.78, 5) is 11.9. The zero-order valence-electron chi connectivity index (χ0n) is 13.8. The van der Waals surface area contributed by atoms with Gasteiger partial charge in [0.2, 0.25) is 5.91 Å². The van der Waals surface area contributed by atoms with Crippen molar-refractivity contribution in [3.63, 3.8) is 0 Å². The topological polar surface area (TPSA) is 59.9 Å². The Balaban J connectivity index is 2.01. The summed E-state index contributed by atoms with van der Waals surface area (Å²) in [5.41, 5.74) is 5.21. The Morgan fingerprint density at radius 3 is 2.46 bits per heavy atom. The zero-order chi connectivity index (χ0) is 17.5. The quantitative estimate of drug-likeness (QED) is 0.644. The highest BCUT2D eigenvalue weighted by molar-refractivity contribution is 6.32. The van der Waals surface area contributed by atoms with Gasteiger partial charge in [0.25, 0.3) is 0 Å². The van der Waals surface area contributed by atoms with E-state index in [9.17, 15) is 4.79 Å². The summed E-state index contributed by atoms with van der Waals surface area (Å²) < 4.78 is 10.4. The Hall–Kier alpha value is -2.53. The molecular formula is C18H19ClN2O3. The first-order valence-electron chi connectivity index (χ1n) is 7.32. The fourth-order valence-electron chi connectivity index (χ4n) is 2.09. The number of ether oxygens (including phenoxy) is 2. The summed E-state index contributed by atoms with van der Waals surface area (Å²) in [6.45, 7) is 2.00. The predicted octanol–water partition coefficient (Wildman–Crippen LogP) is 3.36. The van der Waals surface area contributed by atoms with E-state index in [0.29, 0.717) is 22.1 Å². The number of nitrogens with one attached hydrogen (secondary N) is 1. The van der Waals surface area contributed by atoms with Crippen LogP contribution in [0.15, 0.2) is 41.5 Å². The van der Waals surface area contributed by atoms with Crippen LogP contribution in [-0.4, -0.2) is 26.3 Å². The number of carbonyl (C=O) groups excluding carboxylic acids is 1. The Labute approximate surface area is 146 Å². The van der Waals surface area contributed by atoms with Crippen molar-refractivity contribution in [3.05, 3.63) is 58.1 Å². The molecule has 0 aromatic heterocycles. The third-order valence-corrected chi connectivity index (χ3v) is 3.68. The lowest BCUT2D eigenvalue weighted by atomic mass is 10.1. The van der Waals surface area contributed by atoms with Gasteiger partial charge in [-0.05, 0) is 18.6 Å². The number of hydrogen-bond donors (Lipinski definition) is 1. The van der Waals surface area contributed by atoms with Crippen LogP contribution in [0.25, 0.3) is 0 Å². The molecule has 0 heterocycles. The lowest BCUT2D eigenvalue weighted by Gasteiger charge is -2.09. The van der Waals surface area contributed by atoms with Crippen LogP contribution in [0.1, 0.15) is 16.7 Å². The van der Waals surface area contributed by atoms with Gasteiger partial charge in [-0.25, -0.2) is 5.43 Å². The molecule has 0 unspecified atom stereocenters. The van der Waals surface area contributed by atoms with E-state index in [2.05, 4.69) is 10.5 Å². The first-order chi connectivity index (χ1) is 11.5. The molecule has 0 radical (unpaired) electrons. The minimum Gasteiger partial charge on any atom is -0.496 e. The maximum Gasteiger partial charge on any atom is 0.244 e. The SMILES string of the molecule is COc1cc(OC)c(/C=N/NC(=O)Cc2ccc(C)cc2)cc1Cl. The van der Waals surface area contributed by atoms with Crippen LogP contribution >= 0.6 is 11.6 Å². The van der Waals surface area contributed by atoms with Gasteiger partial charge in [0, 0.05) is 11.6 Å². The lowest BCUT2D eigenvalue weighted by molar-refractivity contribution is -0.120. The molecule has 1 N–H and O–H groups in total. The van der Waals surface area contributed by atoms with E-state index in [1.165, 1.54) is 20.4 Å². The maximum absolute atomic E-state index is 11.9. The molecule has 0 fully saturated rings. The number of halogens is 1. The zero-order valence-corrected chi connectivity index (χ0v) is 14.6. The summed E-state index contributed by atoms with van der Waals surface area (Å²) in [5, 5.41) is 4.39. The number of rotatable bonds is 6. The molecule has 0 aliphatic carbocycles. The van der Waals surface area contributed by atoms with Gasteiger partial charge in [0.1, 0.15) is 11.5 Å². The molecule has 0 aliphatic rings. The molecular weight excluding hydrogens is 328 g/mol. The molecule has 1 amide bonds. The molecule has 0 aliphatic heterocycles. The minimum atomic E-state index is -0.200. The summed E-state index contributed by atoms with van der Waals surface area (Å²) in [7, 11) is 3.07. The predicted molar refractivity (Wildman–Crippen MR) is 95.2 cm³/mol. The monoisotopic (exact) mass is 346 g/mol. The number of methoxy groups -OCH3 is 2. The molecule has 0 saturated heterocycles. The highest BCUT2D eigenvalue weighted by atomic mass is 35.5. The van der Waals surface area contributed by atoms with Gasteiger partial charge in [0.15, 0.2) is 0 Å². The van der Waals surface area contributed by atoms with E-state index in [-0.39, 0.29) is 12.3 Å². The van der Waals surface area contributed by atoms with Crippen LogP contribution in [0.2, 0.25) is 5.02 Å². The summed E-state index contributed by atoms with van der Waals surface area (Å²) in [6.07, 6.45) is 1.75. The first-order valence-corrected chi connectivity index (χ1v) is 7.70. The van der Waals surface area contributed by atoms with Crippen LogP contribution in [0.4, 0.5) is 0 Å². The van der Waals surface area contributed by atoms with E-state index >= 15 is 0 Å². The Kier molecular flexibility index (Phi) is 6.21. The van der Waals surface area contributed by atoms with Crippen molar-refractivity contribution in [1.82, 2.24) is 5.43 Å². The second-order valence-corrected chi connectivity index (χ2v) is 5.59. The molecule has 0 spiro atoms. The third kappa shape index (κ3) is 4.73. The fourth-order valence-corrected chi connectivity index (χ4v) is 2.34. The van der Waals surface area contributed by atoms with Crippen LogP contribution in [-0.2, 0) is 11.2 Å². The molecule has 0 saturated carbocycles. The fraction of sp³-hybridized carbons (Fsp3) is 0.222. The smallest absolute Gasteiger partial charge is 0.244 e. The molecule has 6 heteroatoms. The maximum atomic E-state index is 11.9. The van der Waals surface area contributed by atoms with Crippen molar-refractivity contribution >= 4 is 23.7 Å². The Bertz CT molecular complexity index is 743. The first kappa shape index (κ1) is 17.8. The highest BCUT2D eigenvalue weighted by Gasteiger charge is 2.08. The van der Waals surface area contributed by atoms with Crippen molar-refractivity contribution in [3.8, 4) is 11.5 Å². The number of aryl methyl sites for hydroxylation is 1. The molecule has 0 bridgehead atoms. The van der Waals surface area contributed by atoms with Crippen molar-refractivity contribution in [2.75, 3.05) is 14.2 Å². The highest BCUT2D eigenvalue weighted by Crippen LogP contribution is 2.31. The van der Waals surface area contributed by atoms with E-state index in [1.807, 2.05) is 31.2 Å². The normalized spacial score (nSPS) is 10.7. The second kappa shape index (κ2) is 8.36. The van der Waals surface area contributed by atoms with Crippen molar-refractivity contribution in [1.29, 1.82) is 0 Å². The molecule has 2 aromatic rings. The average molecular weight is 347 g/mol. The van der Waals surface area contributed by atoms with E-state index < -0.39 is 0 Å². The number of benzene rings is 2. The van der Waals surface area contributed by atoms with Gasteiger partial charge in [-0.3, -0.25) is 4.79 Å². The Morgan fingerprint density at radius 2 is 1.83 bits per heavy atom.